The van der Waals surface area contributed by atoms with Gasteiger partial charge in [-0.2, -0.15) is 0 Å². The highest BCUT2D eigenvalue weighted by Crippen LogP contribution is 2.33. The van der Waals surface area contributed by atoms with Crippen LogP contribution in [0.15, 0.2) is 44.6 Å². The van der Waals surface area contributed by atoms with Crippen LogP contribution in [0.1, 0.15) is 23.0 Å². The highest BCUT2D eigenvalue weighted by atomic mass is 32.2. The second kappa shape index (κ2) is 6.32. The molecule has 0 aliphatic rings. The molecule has 0 radical (unpaired) electrons. The van der Waals surface area contributed by atoms with Gasteiger partial charge in [0.05, 0.1) is 6.61 Å². The Balaban J connectivity index is 1.96. The van der Waals surface area contributed by atoms with Crippen LogP contribution in [0.5, 0.6) is 0 Å². The van der Waals surface area contributed by atoms with E-state index < -0.39 is 5.97 Å². The Kier molecular flexibility index (Phi) is 4.26. The Morgan fingerprint density at radius 1 is 1.43 bits per heavy atom. The third-order valence-corrected chi connectivity index (χ3v) is 4.90. The Labute approximate surface area is 130 Å². The lowest BCUT2D eigenvalue weighted by atomic mass is 10.1. The molecule has 1 aromatic carbocycles. The van der Waals surface area contributed by atoms with Gasteiger partial charge in [0.25, 0.3) is 0 Å². The van der Waals surface area contributed by atoms with Crippen LogP contribution in [0.25, 0.3) is 11.0 Å². The zero-order valence-electron chi connectivity index (χ0n) is 11.4. The van der Waals surface area contributed by atoms with Gasteiger partial charge >= 0.3 is 5.97 Å². The van der Waals surface area contributed by atoms with Crippen LogP contribution in [-0.4, -0.2) is 17.6 Å². The fourth-order valence-corrected chi connectivity index (χ4v) is 3.68. The smallest absolute Gasteiger partial charge is 0.374 e. The minimum Gasteiger partial charge on any atom is -0.460 e. The maximum atomic E-state index is 12.1. The van der Waals surface area contributed by atoms with Crippen molar-refractivity contribution in [3.63, 3.8) is 0 Å². The zero-order valence-corrected chi connectivity index (χ0v) is 13.0. The van der Waals surface area contributed by atoms with Gasteiger partial charge in [-0.15, -0.1) is 11.3 Å². The molecule has 2 aromatic heterocycles. The van der Waals surface area contributed by atoms with Gasteiger partial charge in [-0.25, -0.2) is 9.78 Å². The van der Waals surface area contributed by atoms with E-state index in [1.165, 1.54) is 0 Å². The van der Waals surface area contributed by atoms with Gasteiger partial charge in [0.1, 0.15) is 9.92 Å². The highest BCUT2D eigenvalue weighted by Gasteiger charge is 2.21. The molecule has 6 heteroatoms. The van der Waals surface area contributed by atoms with E-state index in [4.69, 9.17) is 9.15 Å². The molecule has 0 atom stereocenters. The van der Waals surface area contributed by atoms with Gasteiger partial charge in [0.15, 0.2) is 0 Å². The number of furan rings is 1. The van der Waals surface area contributed by atoms with Crippen molar-refractivity contribution < 1.29 is 13.9 Å². The zero-order chi connectivity index (χ0) is 14.7. The Bertz CT molecular complexity index is 749. The first kappa shape index (κ1) is 14.2. The van der Waals surface area contributed by atoms with Crippen molar-refractivity contribution in [2.24, 2.45) is 0 Å². The van der Waals surface area contributed by atoms with E-state index in [0.29, 0.717) is 23.7 Å². The molecule has 4 nitrogen and oxygen atoms in total. The molecule has 0 amide bonds. The molecule has 0 saturated heterocycles. The van der Waals surface area contributed by atoms with Gasteiger partial charge in [0.2, 0.25) is 5.76 Å². The summed E-state index contributed by atoms with van der Waals surface area (Å²) in [6.45, 7) is 2.11. The number of ether oxygens (including phenoxy) is 1. The summed E-state index contributed by atoms with van der Waals surface area (Å²) in [4.78, 5) is 16.3. The molecular weight excluding hydrogens is 306 g/mol. The number of benzene rings is 1. The summed E-state index contributed by atoms with van der Waals surface area (Å²) in [5.74, 6) is 0.504. The van der Waals surface area contributed by atoms with Crippen LogP contribution >= 0.6 is 23.1 Å². The molecule has 0 N–H and O–H groups in total. The summed E-state index contributed by atoms with van der Waals surface area (Å²) in [5, 5.41) is 2.88. The van der Waals surface area contributed by atoms with Crippen molar-refractivity contribution in [3.8, 4) is 0 Å². The number of carbonyl (C=O) groups excluding carboxylic acids is 1. The Morgan fingerprint density at radius 3 is 3.05 bits per heavy atom. The second-order valence-corrected chi connectivity index (χ2v) is 6.33. The molecule has 3 aromatic rings. The van der Waals surface area contributed by atoms with E-state index in [0.717, 1.165) is 15.3 Å². The third-order valence-electron chi connectivity index (χ3n) is 2.91. The van der Waals surface area contributed by atoms with E-state index >= 15 is 0 Å². The molecule has 0 unspecified atom stereocenters. The topological polar surface area (TPSA) is 52.3 Å². The molecule has 0 aliphatic heterocycles. The number of para-hydroxylation sites is 1. The van der Waals surface area contributed by atoms with Gasteiger partial charge < -0.3 is 9.15 Å². The normalized spacial score (nSPS) is 10.9. The molecule has 0 fully saturated rings. The standard InChI is InChI=1S/C15H13NO3S2/c1-2-18-14(17)13-11(9-21-15-16-7-8-20-15)10-5-3-4-6-12(10)19-13/h3-8H,2,9H2,1H3. The van der Waals surface area contributed by atoms with Gasteiger partial charge in [-0.3, -0.25) is 0 Å². The second-order valence-electron chi connectivity index (χ2n) is 4.21. The summed E-state index contributed by atoms with van der Waals surface area (Å²) >= 11 is 3.17. The monoisotopic (exact) mass is 319 g/mol. The lowest BCUT2D eigenvalue weighted by molar-refractivity contribution is 0.0491. The number of carbonyl (C=O) groups is 1. The van der Waals surface area contributed by atoms with E-state index in [1.54, 1.807) is 36.2 Å². The third kappa shape index (κ3) is 2.96. The highest BCUT2D eigenvalue weighted by molar-refractivity contribution is 8.00. The molecule has 0 saturated carbocycles. The first-order valence-electron chi connectivity index (χ1n) is 6.49. The number of rotatable bonds is 5. The largest absolute Gasteiger partial charge is 0.460 e. The fraction of sp³-hybridized carbons (Fsp3) is 0.200. The van der Waals surface area contributed by atoms with E-state index in [2.05, 4.69) is 4.98 Å². The minimum atomic E-state index is -0.413. The number of aromatic nitrogens is 1. The summed E-state index contributed by atoms with van der Waals surface area (Å²) in [6.07, 6.45) is 1.77. The molecule has 0 bridgehead atoms. The number of fused-ring (bicyclic) bond motifs is 1. The molecule has 108 valence electrons. The summed E-state index contributed by atoms with van der Waals surface area (Å²) in [5.41, 5.74) is 1.57. The van der Waals surface area contributed by atoms with Crippen LogP contribution in [0, 0.1) is 0 Å². The maximum absolute atomic E-state index is 12.1. The minimum absolute atomic E-state index is 0.294. The predicted octanol–water partition coefficient (Wildman–Crippen LogP) is 4.36. The van der Waals surface area contributed by atoms with Crippen molar-refractivity contribution in [1.82, 2.24) is 4.98 Å². The molecule has 3 rings (SSSR count). The summed E-state index contributed by atoms with van der Waals surface area (Å²) in [6, 6.07) is 7.64. The summed E-state index contributed by atoms with van der Waals surface area (Å²) in [7, 11) is 0. The van der Waals surface area contributed by atoms with E-state index in [9.17, 15) is 4.79 Å². The SMILES string of the molecule is CCOC(=O)c1oc2ccccc2c1CSc1nccs1. The summed E-state index contributed by atoms with van der Waals surface area (Å²) < 4.78 is 11.7. The number of hydrogen-bond donors (Lipinski definition) is 0. The molecule has 21 heavy (non-hydrogen) atoms. The maximum Gasteiger partial charge on any atom is 0.374 e. The van der Waals surface area contributed by atoms with Crippen LogP contribution in [0.2, 0.25) is 0 Å². The molecule has 0 aliphatic carbocycles. The van der Waals surface area contributed by atoms with Crippen LogP contribution in [0.4, 0.5) is 0 Å². The number of thioether (sulfide) groups is 1. The lowest BCUT2D eigenvalue weighted by Crippen LogP contribution is -2.05. The van der Waals surface area contributed by atoms with E-state index in [-0.39, 0.29) is 0 Å². The van der Waals surface area contributed by atoms with Gasteiger partial charge in [0, 0.05) is 28.3 Å². The van der Waals surface area contributed by atoms with Crippen molar-refractivity contribution >= 4 is 40.0 Å². The number of nitrogens with zero attached hydrogens (tertiary/aromatic N) is 1. The average molecular weight is 319 g/mol. The Hall–Kier alpha value is -1.79. The quantitative estimate of drug-likeness (QED) is 0.516. The number of thiazole rings is 1. The first-order valence-corrected chi connectivity index (χ1v) is 8.36. The van der Waals surface area contributed by atoms with Crippen LogP contribution in [0.3, 0.4) is 0 Å². The fourth-order valence-electron chi connectivity index (χ4n) is 2.02. The lowest BCUT2D eigenvalue weighted by Gasteiger charge is -2.02. The van der Waals surface area contributed by atoms with E-state index in [1.807, 2.05) is 29.6 Å². The predicted molar refractivity (Wildman–Crippen MR) is 83.8 cm³/mol. The van der Waals surface area contributed by atoms with Crippen molar-refractivity contribution in [2.45, 2.75) is 17.0 Å². The number of esters is 1. The van der Waals surface area contributed by atoms with Crippen LogP contribution < -0.4 is 0 Å². The molecule has 2 heterocycles. The van der Waals surface area contributed by atoms with Crippen molar-refractivity contribution in [2.75, 3.05) is 6.61 Å². The Morgan fingerprint density at radius 2 is 2.29 bits per heavy atom. The molecule has 0 spiro atoms. The number of hydrogen-bond acceptors (Lipinski definition) is 6. The first-order chi connectivity index (χ1) is 10.3. The van der Waals surface area contributed by atoms with Crippen molar-refractivity contribution in [1.29, 1.82) is 0 Å². The van der Waals surface area contributed by atoms with Gasteiger partial charge in [-0.05, 0) is 13.0 Å². The van der Waals surface area contributed by atoms with Gasteiger partial charge in [-0.1, -0.05) is 30.0 Å². The van der Waals surface area contributed by atoms with Crippen LogP contribution in [-0.2, 0) is 10.5 Å². The van der Waals surface area contributed by atoms with Crippen molar-refractivity contribution in [3.05, 3.63) is 47.2 Å². The average Bonchev–Trinajstić information content (AvgIpc) is 3.12. The molecular formula is C15H13NO3S2.